The number of aliphatic hydroxyl groups excluding tert-OH is 1. The summed E-state index contributed by atoms with van der Waals surface area (Å²) in [6.07, 6.45) is 0. The van der Waals surface area contributed by atoms with Gasteiger partial charge in [-0.3, -0.25) is 0 Å². The molecular formula is C11H14ClF2NO2. The summed E-state index contributed by atoms with van der Waals surface area (Å²) in [5, 5.41) is 12.1. The molecule has 1 unspecified atom stereocenters. The Hall–Kier alpha value is -0.910. The van der Waals surface area contributed by atoms with Gasteiger partial charge < -0.3 is 15.2 Å². The molecule has 1 rings (SSSR count). The number of ether oxygens (including phenoxy) is 1. The molecule has 0 saturated heterocycles. The number of halogens is 3. The summed E-state index contributed by atoms with van der Waals surface area (Å²) < 4.78 is 28.8. The van der Waals surface area contributed by atoms with Crippen LogP contribution in [0.15, 0.2) is 18.2 Å². The average molecular weight is 266 g/mol. The van der Waals surface area contributed by atoms with Gasteiger partial charge in [-0.2, -0.15) is 8.78 Å². The lowest BCUT2D eigenvalue weighted by Crippen LogP contribution is -2.23. The van der Waals surface area contributed by atoms with Gasteiger partial charge in [0, 0.05) is 23.2 Å². The van der Waals surface area contributed by atoms with Crippen LogP contribution in [0, 0.1) is 0 Å². The average Bonchev–Trinajstić information content (AvgIpc) is 2.27. The Morgan fingerprint density at radius 2 is 2.18 bits per heavy atom. The Morgan fingerprint density at radius 1 is 1.47 bits per heavy atom. The van der Waals surface area contributed by atoms with Gasteiger partial charge in [-0.1, -0.05) is 11.6 Å². The first kappa shape index (κ1) is 14.2. The molecule has 0 aliphatic carbocycles. The first-order valence-corrected chi connectivity index (χ1v) is 5.51. The van der Waals surface area contributed by atoms with E-state index < -0.39 is 6.61 Å². The Bertz CT molecular complexity index is 363. The monoisotopic (exact) mass is 265 g/mol. The Labute approximate surface area is 103 Å². The third-order valence-electron chi connectivity index (χ3n) is 2.22. The van der Waals surface area contributed by atoms with E-state index in [9.17, 15) is 8.78 Å². The molecule has 0 saturated carbocycles. The second-order valence-corrected chi connectivity index (χ2v) is 3.90. The van der Waals surface area contributed by atoms with Crippen molar-refractivity contribution in [2.24, 2.45) is 0 Å². The fraction of sp³-hybridized carbons (Fsp3) is 0.455. The van der Waals surface area contributed by atoms with Crippen molar-refractivity contribution in [3.63, 3.8) is 0 Å². The molecule has 2 N–H and O–H groups in total. The second kappa shape index (κ2) is 6.74. The van der Waals surface area contributed by atoms with Crippen molar-refractivity contribution in [3.05, 3.63) is 28.8 Å². The molecule has 0 radical (unpaired) electrons. The molecule has 0 amide bonds. The van der Waals surface area contributed by atoms with Crippen LogP contribution in [0.3, 0.4) is 0 Å². The van der Waals surface area contributed by atoms with E-state index in [1.54, 1.807) is 13.0 Å². The van der Waals surface area contributed by atoms with Gasteiger partial charge >= 0.3 is 6.61 Å². The molecule has 0 bridgehead atoms. The van der Waals surface area contributed by atoms with Crippen LogP contribution >= 0.6 is 11.6 Å². The molecule has 1 aromatic rings. The summed E-state index contributed by atoms with van der Waals surface area (Å²) >= 11 is 5.81. The first-order valence-electron chi connectivity index (χ1n) is 5.13. The largest absolute Gasteiger partial charge is 0.434 e. The van der Waals surface area contributed by atoms with Gasteiger partial charge in [0.15, 0.2) is 0 Å². The fourth-order valence-corrected chi connectivity index (χ4v) is 1.63. The SMILES string of the molecule is CC(NCCO)c1cc(Cl)ccc1OC(F)F. The molecule has 3 nitrogen and oxygen atoms in total. The van der Waals surface area contributed by atoms with E-state index in [4.69, 9.17) is 16.7 Å². The summed E-state index contributed by atoms with van der Waals surface area (Å²) in [5.41, 5.74) is 0.534. The lowest BCUT2D eigenvalue weighted by molar-refractivity contribution is -0.0506. The van der Waals surface area contributed by atoms with E-state index in [0.717, 1.165) is 0 Å². The molecule has 0 aliphatic heterocycles. The normalized spacial score (nSPS) is 12.8. The van der Waals surface area contributed by atoms with Crippen molar-refractivity contribution >= 4 is 11.6 Å². The number of hydrogen-bond donors (Lipinski definition) is 2. The molecule has 1 aromatic carbocycles. The molecule has 0 fully saturated rings. The topological polar surface area (TPSA) is 41.5 Å². The van der Waals surface area contributed by atoms with Gasteiger partial charge in [-0.05, 0) is 25.1 Å². The molecule has 0 aliphatic rings. The van der Waals surface area contributed by atoms with Crippen LogP contribution in [0.4, 0.5) is 8.78 Å². The second-order valence-electron chi connectivity index (χ2n) is 3.46. The van der Waals surface area contributed by atoms with Crippen molar-refractivity contribution < 1.29 is 18.6 Å². The van der Waals surface area contributed by atoms with Crippen LogP contribution in [0.25, 0.3) is 0 Å². The minimum Gasteiger partial charge on any atom is -0.434 e. The number of benzene rings is 1. The van der Waals surface area contributed by atoms with Crippen LogP contribution in [-0.2, 0) is 0 Å². The number of aliphatic hydroxyl groups is 1. The highest BCUT2D eigenvalue weighted by atomic mass is 35.5. The zero-order valence-electron chi connectivity index (χ0n) is 9.29. The lowest BCUT2D eigenvalue weighted by Gasteiger charge is -2.18. The molecule has 0 spiro atoms. The van der Waals surface area contributed by atoms with Crippen LogP contribution in [0.5, 0.6) is 5.75 Å². The molecule has 1 atom stereocenters. The van der Waals surface area contributed by atoms with Crippen molar-refractivity contribution in [3.8, 4) is 5.75 Å². The predicted octanol–water partition coefficient (Wildman–Crippen LogP) is 2.58. The summed E-state index contributed by atoms with van der Waals surface area (Å²) in [7, 11) is 0. The molecule has 96 valence electrons. The minimum absolute atomic E-state index is 0.0318. The van der Waals surface area contributed by atoms with E-state index in [2.05, 4.69) is 10.1 Å². The summed E-state index contributed by atoms with van der Waals surface area (Å²) in [5.74, 6) is 0.0855. The van der Waals surface area contributed by atoms with Gasteiger partial charge in [0.25, 0.3) is 0 Å². The zero-order chi connectivity index (χ0) is 12.8. The number of nitrogens with one attached hydrogen (secondary N) is 1. The third-order valence-corrected chi connectivity index (χ3v) is 2.45. The molecule has 17 heavy (non-hydrogen) atoms. The summed E-state index contributed by atoms with van der Waals surface area (Å²) in [6.45, 7) is -0.767. The standard InChI is InChI=1S/C11H14ClF2NO2/c1-7(15-4-5-16)9-6-8(12)2-3-10(9)17-11(13)14/h2-3,6-7,11,15-16H,4-5H2,1H3. The number of alkyl halides is 2. The zero-order valence-corrected chi connectivity index (χ0v) is 10.0. The van der Waals surface area contributed by atoms with Gasteiger partial charge in [0.1, 0.15) is 5.75 Å². The highest BCUT2D eigenvalue weighted by molar-refractivity contribution is 6.30. The predicted molar refractivity (Wildman–Crippen MR) is 61.6 cm³/mol. The lowest BCUT2D eigenvalue weighted by atomic mass is 10.1. The van der Waals surface area contributed by atoms with Crippen molar-refractivity contribution in [1.29, 1.82) is 0 Å². The van der Waals surface area contributed by atoms with Gasteiger partial charge in [-0.25, -0.2) is 0 Å². The van der Waals surface area contributed by atoms with Gasteiger partial charge in [0.05, 0.1) is 6.61 Å². The van der Waals surface area contributed by atoms with E-state index in [1.807, 2.05) is 0 Å². The highest BCUT2D eigenvalue weighted by Gasteiger charge is 2.15. The van der Waals surface area contributed by atoms with E-state index in [0.29, 0.717) is 17.1 Å². The number of hydrogen-bond acceptors (Lipinski definition) is 3. The molecule has 6 heteroatoms. The number of rotatable bonds is 6. The summed E-state index contributed by atoms with van der Waals surface area (Å²) in [4.78, 5) is 0. The van der Waals surface area contributed by atoms with E-state index in [-0.39, 0.29) is 18.4 Å². The Kier molecular flexibility index (Phi) is 5.61. The fourth-order valence-electron chi connectivity index (χ4n) is 1.45. The van der Waals surface area contributed by atoms with Crippen molar-refractivity contribution in [2.45, 2.75) is 19.6 Å². The maximum absolute atomic E-state index is 12.2. The Balaban J connectivity index is 2.89. The minimum atomic E-state index is -2.88. The highest BCUT2D eigenvalue weighted by Crippen LogP contribution is 2.29. The quantitative estimate of drug-likeness (QED) is 0.831. The maximum atomic E-state index is 12.2. The smallest absolute Gasteiger partial charge is 0.387 e. The van der Waals surface area contributed by atoms with Crippen LogP contribution < -0.4 is 10.1 Å². The van der Waals surface area contributed by atoms with Crippen LogP contribution in [0.1, 0.15) is 18.5 Å². The Morgan fingerprint density at radius 3 is 2.76 bits per heavy atom. The van der Waals surface area contributed by atoms with Gasteiger partial charge in [-0.15, -0.1) is 0 Å². The van der Waals surface area contributed by atoms with E-state index >= 15 is 0 Å². The molecule has 0 aromatic heterocycles. The van der Waals surface area contributed by atoms with Crippen LogP contribution in [0.2, 0.25) is 5.02 Å². The van der Waals surface area contributed by atoms with E-state index in [1.165, 1.54) is 12.1 Å². The maximum Gasteiger partial charge on any atom is 0.387 e. The van der Waals surface area contributed by atoms with Crippen molar-refractivity contribution in [1.82, 2.24) is 5.32 Å². The van der Waals surface area contributed by atoms with Crippen LogP contribution in [-0.4, -0.2) is 24.9 Å². The molecule has 0 heterocycles. The summed E-state index contributed by atoms with van der Waals surface area (Å²) in [6, 6.07) is 4.21. The molecular weight excluding hydrogens is 252 g/mol. The first-order chi connectivity index (χ1) is 8.04. The van der Waals surface area contributed by atoms with Crippen molar-refractivity contribution in [2.75, 3.05) is 13.2 Å². The third kappa shape index (κ3) is 4.46. The van der Waals surface area contributed by atoms with Gasteiger partial charge in [0.2, 0.25) is 0 Å².